The number of nitrogens with zero attached hydrogens (tertiary/aromatic N) is 2. The Kier molecular flexibility index (Phi) is 7.12. The second-order valence-corrected chi connectivity index (χ2v) is 8.62. The van der Waals surface area contributed by atoms with Crippen LogP contribution in [0.25, 0.3) is 0 Å². The van der Waals surface area contributed by atoms with Crippen LogP contribution in [0.2, 0.25) is 0 Å². The van der Waals surface area contributed by atoms with Gasteiger partial charge in [-0.3, -0.25) is 14.4 Å². The summed E-state index contributed by atoms with van der Waals surface area (Å²) in [7, 11) is 1.56. The average molecular weight is 469 g/mol. The summed E-state index contributed by atoms with van der Waals surface area (Å²) in [5, 5.41) is 2.76. The second kappa shape index (κ2) is 10.2. The van der Waals surface area contributed by atoms with Gasteiger partial charge < -0.3 is 25.6 Å². The fourth-order valence-corrected chi connectivity index (χ4v) is 4.42. The molecule has 1 aliphatic carbocycles. The van der Waals surface area contributed by atoms with Gasteiger partial charge in [0.1, 0.15) is 17.6 Å². The van der Waals surface area contributed by atoms with Gasteiger partial charge in [-0.05, 0) is 67.8 Å². The van der Waals surface area contributed by atoms with Crippen molar-refractivity contribution in [2.45, 2.75) is 37.4 Å². The molecule has 2 aromatic rings. The third-order valence-electron chi connectivity index (χ3n) is 6.28. The zero-order valence-corrected chi connectivity index (χ0v) is 19.1. The molecule has 0 radical (unpaired) electrons. The molecular formula is C25H29FN4O4. The van der Waals surface area contributed by atoms with E-state index in [9.17, 15) is 18.8 Å². The van der Waals surface area contributed by atoms with Crippen molar-refractivity contribution in [2.75, 3.05) is 26.7 Å². The lowest BCUT2D eigenvalue weighted by Crippen LogP contribution is -2.47. The smallest absolute Gasteiger partial charge is 0.254 e. The Hall–Kier alpha value is -3.46. The van der Waals surface area contributed by atoms with Crippen LogP contribution in [0.5, 0.6) is 5.75 Å². The van der Waals surface area contributed by atoms with Crippen molar-refractivity contribution in [2.24, 2.45) is 5.73 Å². The van der Waals surface area contributed by atoms with E-state index in [0.29, 0.717) is 17.7 Å². The molecule has 1 saturated carbocycles. The maximum atomic E-state index is 13.5. The van der Waals surface area contributed by atoms with E-state index in [1.54, 1.807) is 31.4 Å². The number of carbonyl (C=O) groups is 3. The lowest BCUT2D eigenvalue weighted by Gasteiger charge is -2.29. The molecular weight excluding hydrogens is 439 g/mol. The summed E-state index contributed by atoms with van der Waals surface area (Å²) in [6.45, 7) is 0.781. The minimum Gasteiger partial charge on any atom is -0.497 e. The summed E-state index contributed by atoms with van der Waals surface area (Å²) < 4.78 is 18.6. The van der Waals surface area contributed by atoms with Gasteiger partial charge in [-0.25, -0.2) is 4.39 Å². The van der Waals surface area contributed by atoms with E-state index >= 15 is 0 Å². The highest BCUT2D eigenvalue weighted by Gasteiger charge is 2.47. The molecule has 1 heterocycles. The van der Waals surface area contributed by atoms with E-state index in [1.165, 1.54) is 29.2 Å². The highest BCUT2D eigenvalue weighted by molar-refractivity contribution is 5.99. The lowest BCUT2D eigenvalue weighted by atomic mass is 10.1. The molecule has 2 atom stereocenters. The van der Waals surface area contributed by atoms with Gasteiger partial charge in [0.2, 0.25) is 5.91 Å². The highest BCUT2D eigenvalue weighted by atomic mass is 19.1. The number of ether oxygens (including phenoxy) is 1. The van der Waals surface area contributed by atoms with Gasteiger partial charge in [-0.15, -0.1) is 0 Å². The predicted molar refractivity (Wildman–Crippen MR) is 124 cm³/mol. The van der Waals surface area contributed by atoms with Gasteiger partial charge in [0.15, 0.2) is 0 Å². The standard InChI is InChI=1S/C25H29FN4O4/c1-34-21-10-4-17(5-11-21)25(33)30(19-8-9-19)20-14-22(23(31)28-13-12-27)29(15-20)24(32)16-2-6-18(26)7-3-16/h2-7,10-11,19-20,22H,8-9,12-15,27H2,1H3,(H,28,31). The molecule has 9 heteroatoms. The zero-order valence-electron chi connectivity index (χ0n) is 19.1. The van der Waals surface area contributed by atoms with Crippen molar-refractivity contribution in [3.63, 3.8) is 0 Å². The van der Waals surface area contributed by atoms with E-state index in [4.69, 9.17) is 10.5 Å². The van der Waals surface area contributed by atoms with Crippen LogP contribution in [0.15, 0.2) is 48.5 Å². The molecule has 8 nitrogen and oxygen atoms in total. The maximum absolute atomic E-state index is 13.5. The molecule has 2 aliphatic rings. The number of halogens is 1. The molecule has 0 bridgehead atoms. The summed E-state index contributed by atoms with van der Waals surface area (Å²) >= 11 is 0. The average Bonchev–Trinajstić information content (AvgIpc) is 3.60. The monoisotopic (exact) mass is 468 g/mol. The van der Waals surface area contributed by atoms with Gasteiger partial charge in [0, 0.05) is 36.8 Å². The minimum absolute atomic E-state index is 0.0771. The van der Waals surface area contributed by atoms with Crippen LogP contribution in [0, 0.1) is 5.82 Å². The molecule has 1 aliphatic heterocycles. The van der Waals surface area contributed by atoms with Gasteiger partial charge in [0.25, 0.3) is 11.8 Å². The molecule has 0 spiro atoms. The van der Waals surface area contributed by atoms with E-state index in [1.807, 2.05) is 4.90 Å². The first-order chi connectivity index (χ1) is 16.4. The van der Waals surface area contributed by atoms with Crippen molar-refractivity contribution in [1.82, 2.24) is 15.1 Å². The Labute approximate surface area is 197 Å². The molecule has 2 fully saturated rings. The Morgan fingerprint density at radius 1 is 1.06 bits per heavy atom. The van der Waals surface area contributed by atoms with E-state index < -0.39 is 11.9 Å². The summed E-state index contributed by atoms with van der Waals surface area (Å²) in [6, 6.07) is 11.2. The van der Waals surface area contributed by atoms with Crippen molar-refractivity contribution in [3.05, 3.63) is 65.5 Å². The maximum Gasteiger partial charge on any atom is 0.254 e. The Morgan fingerprint density at radius 3 is 2.29 bits per heavy atom. The first kappa shape index (κ1) is 23.7. The van der Waals surface area contributed by atoms with Crippen LogP contribution in [-0.2, 0) is 4.79 Å². The van der Waals surface area contributed by atoms with Crippen LogP contribution in [0.1, 0.15) is 40.0 Å². The lowest BCUT2D eigenvalue weighted by molar-refractivity contribution is -0.124. The number of hydrogen-bond acceptors (Lipinski definition) is 5. The molecule has 34 heavy (non-hydrogen) atoms. The highest BCUT2D eigenvalue weighted by Crippen LogP contribution is 2.35. The molecule has 0 aromatic heterocycles. The van der Waals surface area contributed by atoms with E-state index in [-0.39, 0.29) is 55.0 Å². The third kappa shape index (κ3) is 5.04. The number of nitrogens with one attached hydrogen (secondary N) is 1. The van der Waals surface area contributed by atoms with E-state index in [0.717, 1.165) is 12.8 Å². The van der Waals surface area contributed by atoms with Gasteiger partial charge >= 0.3 is 0 Å². The molecule has 180 valence electrons. The number of methoxy groups -OCH3 is 1. The molecule has 1 saturated heterocycles. The number of likely N-dealkylation sites (tertiary alicyclic amines) is 1. The van der Waals surface area contributed by atoms with Gasteiger partial charge in [-0.2, -0.15) is 0 Å². The fourth-order valence-electron chi connectivity index (χ4n) is 4.42. The summed E-state index contributed by atoms with van der Waals surface area (Å²) in [5.41, 5.74) is 6.35. The van der Waals surface area contributed by atoms with Gasteiger partial charge in [0.05, 0.1) is 13.2 Å². The normalized spacial score (nSPS) is 19.6. The first-order valence-electron chi connectivity index (χ1n) is 11.4. The van der Waals surface area contributed by atoms with Crippen molar-refractivity contribution in [1.29, 1.82) is 0 Å². The SMILES string of the molecule is COc1ccc(C(=O)N(C2CC2)C2CC(C(=O)NCCN)N(C(=O)c3ccc(F)cc3)C2)cc1. The topological polar surface area (TPSA) is 105 Å². The fraction of sp³-hybridized carbons (Fsp3) is 0.400. The Bertz CT molecular complexity index is 1040. The number of benzene rings is 2. The Balaban J connectivity index is 1.59. The zero-order chi connectivity index (χ0) is 24.2. The van der Waals surface area contributed by atoms with Crippen LogP contribution >= 0.6 is 0 Å². The number of rotatable bonds is 8. The van der Waals surface area contributed by atoms with Crippen LogP contribution in [0.3, 0.4) is 0 Å². The molecule has 2 unspecified atom stereocenters. The summed E-state index contributed by atoms with van der Waals surface area (Å²) in [4.78, 5) is 43.0. The number of nitrogens with two attached hydrogens (primary N) is 1. The van der Waals surface area contributed by atoms with Crippen LogP contribution in [0.4, 0.5) is 4.39 Å². The summed E-state index contributed by atoms with van der Waals surface area (Å²) in [6.07, 6.45) is 2.09. The predicted octanol–water partition coefficient (Wildman–Crippen LogP) is 1.80. The van der Waals surface area contributed by atoms with Crippen molar-refractivity contribution >= 4 is 17.7 Å². The Morgan fingerprint density at radius 2 is 1.71 bits per heavy atom. The summed E-state index contributed by atoms with van der Waals surface area (Å²) in [5.74, 6) is -0.604. The van der Waals surface area contributed by atoms with E-state index in [2.05, 4.69) is 5.32 Å². The minimum atomic E-state index is -0.751. The molecule has 2 aromatic carbocycles. The number of carbonyl (C=O) groups excluding carboxylic acids is 3. The van der Waals surface area contributed by atoms with Crippen molar-refractivity contribution in [3.8, 4) is 5.75 Å². The van der Waals surface area contributed by atoms with Gasteiger partial charge in [-0.1, -0.05) is 0 Å². The molecule has 3 N–H and O–H groups in total. The molecule has 4 rings (SSSR count). The van der Waals surface area contributed by atoms with Crippen LogP contribution in [-0.4, -0.2) is 72.4 Å². The van der Waals surface area contributed by atoms with Crippen LogP contribution < -0.4 is 15.8 Å². The largest absolute Gasteiger partial charge is 0.497 e. The number of amides is 3. The third-order valence-corrected chi connectivity index (χ3v) is 6.28. The first-order valence-corrected chi connectivity index (χ1v) is 11.4. The number of hydrogen-bond donors (Lipinski definition) is 2. The van der Waals surface area contributed by atoms with Crippen molar-refractivity contribution < 1.29 is 23.5 Å². The second-order valence-electron chi connectivity index (χ2n) is 8.62. The quantitative estimate of drug-likeness (QED) is 0.615. The molecule has 3 amide bonds.